The first-order valence-electron chi connectivity index (χ1n) is 6.37. The summed E-state index contributed by atoms with van der Waals surface area (Å²) in [5.41, 5.74) is 5.21. The van der Waals surface area contributed by atoms with Gasteiger partial charge in [0.2, 0.25) is 5.91 Å². The van der Waals surface area contributed by atoms with Crippen molar-refractivity contribution in [1.82, 2.24) is 5.32 Å². The van der Waals surface area contributed by atoms with Crippen molar-refractivity contribution in [3.05, 3.63) is 34.3 Å². The Balaban J connectivity index is 2.84. The second-order valence-corrected chi connectivity index (χ2v) is 5.32. The van der Waals surface area contributed by atoms with Crippen LogP contribution in [0.2, 0.25) is 5.02 Å². The highest BCUT2D eigenvalue weighted by Gasteiger charge is 2.31. The number of nitrogens with two attached hydrogens (primary N) is 1. The molecule has 0 radical (unpaired) electrons. The van der Waals surface area contributed by atoms with Crippen molar-refractivity contribution in [2.75, 3.05) is 0 Å². The van der Waals surface area contributed by atoms with E-state index >= 15 is 0 Å². The maximum absolute atomic E-state index is 11.3. The summed E-state index contributed by atoms with van der Waals surface area (Å²) in [6.07, 6.45) is 1.27. The normalized spacial score (nSPS) is 13.8. The standard InChI is InChI=1S/C14H19ClN2O3/c1-3-6-14(2,13(19)20)17-8-10-5-4-9(12(16)18)7-11(10)15/h4-5,7,17H,3,6,8H2,1-2H3,(H2,16,18)(H,19,20). The summed E-state index contributed by atoms with van der Waals surface area (Å²) in [6, 6.07) is 4.73. The fraction of sp³-hybridized carbons (Fsp3) is 0.429. The topological polar surface area (TPSA) is 92.4 Å². The van der Waals surface area contributed by atoms with Crippen LogP contribution < -0.4 is 11.1 Å². The summed E-state index contributed by atoms with van der Waals surface area (Å²) < 4.78 is 0. The Bertz CT molecular complexity index is 519. The monoisotopic (exact) mass is 298 g/mol. The lowest BCUT2D eigenvalue weighted by atomic mass is 9.96. The molecule has 1 aromatic carbocycles. The number of benzene rings is 1. The molecule has 0 heterocycles. The molecule has 0 bridgehead atoms. The molecule has 0 aliphatic carbocycles. The Morgan fingerprint density at radius 1 is 1.45 bits per heavy atom. The Labute approximate surface area is 123 Å². The van der Waals surface area contributed by atoms with Crippen LogP contribution in [0.1, 0.15) is 42.6 Å². The minimum atomic E-state index is -1.000. The van der Waals surface area contributed by atoms with Gasteiger partial charge in [0.15, 0.2) is 0 Å². The van der Waals surface area contributed by atoms with E-state index in [0.717, 1.165) is 12.0 Å². The number of halogens is 1. The first-order valence-corrected chi connectivity index (χ1v) is 6.74. The molecule has 1 atom stereocenters. The highest BCUT2D eigenvalue weighted by molar-refractivity contribution is 6.31. The summed E-state index contributed by atoms with van der Waals surface area (Å²) >= 11 is 6.06. The summed E-state index contributed by atoms with van der Waals surface area (Å²) in [5, 5.41) is 12.7. The maximum atomic E-state index is 11.3. The van der Waals surface area contributed by atoms with Crippen molar-refractivity contribution in [1.29, 1.82) is 0 Å². The SMILES string of the molecule is CCCC(C)(NCc1ccc(C(N)=O)cc1Cl)C(=O)O. The van der Waals surface area contributed by atoms with Crippen LogP contribution in [0.25, 0.3) is 0 Å². The molecule has 0 fully saturated rings. The minimum Gasteiger partial charge on any atom is -0.480 e. The van der Waals surface area contributed by atoms with Gasteiger partial charge in [0.1, 0.15) is 5.54 Å². The van der Waals surface area contributed by atoms with Gasteiger partial charge in [-0.3, -0.25) is 14.9 Å². The molecule has 20 heavy (non-hydrogen) atoms. The number of aliphatic carboxylic acids is 1. The van der Waals surface area contributed by atoms with E-state index in [1.807, 2.05) is 6.92 Å². The average Bonchev–Trinajstić information content (AvgIpc) is 2.37. The Morgan fingerprint density at radius 3 is 2.55 bits per heavy atom. The summed E-state index contributed by atoms with van der Waals surface area (Å²) in [5.74, 6) is -1.45. The molecule has 0 aliphatic rings. The van der Waals surface area contributed by atoms with E-state index in [2.05, 4.69) is 5.32 Å². The number of hydrogen-bond donors (Lipinski definition) is 3. The largest absolute Gasteiger partial charge is 0.480 e. The van der Waals surface area contributed by atoms with Crippen LogP contribution in [0.4, 0.5) is 0 Å². The number of nitrogens with one attached hydrogen (secondary N) is 1. The molecule has 4 N–H and O–H groups in total. The molecule has 6 heteroatoms. The van der Waals surface area contributed by atoms with Gasteiger partial charge in [-0.2, -0.15) is 0 Å². The third-order valence-electron chi connectivity index (χ3n) is 3.23. The van der Waals surface area contributed by atoms with Gasteiger partial charge in [0.25, 0.3) is 0 Å². The number of hydrogen-bond acceptors (Lipinski definition) is 3. The zero-order valence-electron chi connectivity index (χ0n) is 11.6. The minimum absolute atomic E-state index is 0.306. The smallest absolute Gasteiger partial charge is 0.323 e. The summed E-state index contributed by atoms with van der Waals surface area (Å²) in [6.45, 7) is 3.88. The van der Waals surface area contributed by atoms with Gasteiger partial charge in [0.05, 0.1) is 0 Å². The fourth-order valence-corrected chi connectivity index (χ4v) is 2.15. The van der Waals surface area contributed by atoms with Crippen LogP contribution in [-0.2, 0) is 11.3 Å². The second-order valence-electron chi connectivity index (χ2n) is 4.91. The number of primary amides is 1. The van der Waals surface area contributed by atoms with Crippen LogP contribution in [-0.4, -0.2) is 22.5 Å². The van der Waals surface area contributed by atoms with Gasteiger partial charge in [-0.25, -0.2) is 0 Å². The molecule has 1 unspecified atom stereocenters. The van der Waals surface area contributed by atoms with E-state index in [4.69, 9.17) is 17.3 Å². The molecule has 0 spiro atoms. The van der Waals surface area contributed by atoms with Crippen molar-refractivity contribution in [2.24, 2.45) is 5.73 Å². The predicted octanol–water partition coefficient (Wildman–Crippen LogP) is 2.17. The molecular weight excluding hydrogens is 280 g/mol. The molecule has 0 saturated heterocycles. The van der Waals surface area contributed by atoms with Crippen LogP contribution in [0, 0.1) is 0 Å². The van der Waals surface area contributed by atoms with E-state index < -0.39 is 17.4 Å². The van der Waals surface area contributed by atoms with Gasteiger partial charge in [-0.15, -0.1) is 0 Å². The van der Waals surface area contributed by atoms with E-state index in [0.29, 0.717) is 23.6 Å². The van der Waals surface area contributed by atoms with Crippen molar-refractivity contribution >= 4 is 23.5 Å². The molecule has 0 saturated carbocycles. The van der Waals surface area contributed by atoms with E-state index in [1.165, 1.54) is 6.07 Å². The van der Waals surface area contributed by atoms with E-state index in [9.17, 15) is 14.7 Å². The van der Waals surface area contributed by atoms with Crippen molar-refractivity contribution in [3.8, 4) is 0 Å². The zero-order chi connectivity index (χ0) is 15.3. The predicted molar refractivity (Wildman–Crippen MR) is 77.8 cm³/mol. The van der Waals surface area contributed by atoms with Crippen LogP contribution in [0.15, 0.2) is 18.2 Å². The first-order chi connectivity index (χ1) is 9.30. The van der Waals surface area contributed by atoms with Gasteiger partial charge in [0, 0.05) is 17.1 Å². The van der Waals surface area contributed by atoms with Gasteiger partial charge in [-0.05, 0) is 31.0 Å². The number of carboxylic acid groups (broad SMARTS) is 1. The number of carbonyl (C=O) groups is 2. The molecule has 0 aromatic heterocycles. The Kier molecular flexibility index (Phi) is 5.53. The highest BCUT2D eigenvalue weighted by atomic mass is 35.5. The van der Waals surface area contributed by atoms with Crippen LogP contribution in [0.3, 0.4) is 0 Å². The quantitative estimate of drug-likeness (QED) is 0.719. The fourth-order valence-electron chi connectivity index (χ4n) is 1.91. The van der Waals surface area contributed by atoms with E-state index in [-0.39, 0.29) is 0 Å². The summed E-state index contributed by atoms with van der Waals surface area (Å²) in [7, 11) is 0. The molecule has 110 valence electrons. The van der Waals surface area contributed by atoms with Crippen molar-refractivity contribution in [3.63, 3.8) is 0 Å². The van der Waals surface area contributed by atoms with Crippen LogP contribution >= 0.6 is 11.6 Å². The summed E-state index contributed by atoms with van der Waals surface area (Å²) in [4.78, 5) is 22.3. The molecule has 1 amide bonds. The lowest BCUT2D eigenvalue weighted by Gasteiger charge is -2.26. The highest BCUT2D eigenvalue weighted by Crippen LogP contribution is 2.20. The van der Waals surface area contributed by atoms with Gasteiger partial charge >= 0.3 is 5.97 Å². The third-order valence-corrected chi connectivity index (χ3v) is 3.58. The number of carbonyl (C=O) groups excluding carboxylic acids is 1. The van der Waals surface area contributed by atoms with Gasteiger partial charge < -0.3 is 10.8 Å². The number of amides is 1. The molecule has 1 aromatic rings. The van der Waals surface area contributed by atoms with Gasteiger partial charge in [-0.1, -0.05) is 31.0 Å². The Morgan fingerprint density at radius 2 is 2.10 bits per heavy atom. The first kappa shape index (κ1) is 16.5. The lowest BCUT2D eigenvalue weighted by Crippen LogP contribution is -2.48. The molecule has 0 aliphatic heterocycles. The Hall–Kier alpha value is -1.59. The zero-order valence-corrected chi connectivity index (χ0v) is 12.3. The number of carboxylic acids is 1. The average molecular weight is 299 g/mol. The second kappa shape index (κ2) is 6.72. The maximum Gasteiger partial charge on any atom is 0.323 e. The van der Waals surface area contributed by atoms with Crippen molar-refractivity contribution < 1.29 is 14.7 Å². The number of rotatable bonds is 7. The third kappa shape index (κ3) is 3.95. The molecule has 1 rings (SSSR count). The molecular formula is C14H19ClN2O3. The van der Waals surface area contributed by atoms with E-state index in [1.54, 1.807) is 19.1 Å². The van der Waals surface area contributed by atoms with Crippen molar-refractivity contribution in [2.45, 2.75) is 38.8 Å². The van der Waals surface area contributed by atoms with Crippen LogP contribution in [0.5, 0.6) is 0 Å². The molecule has 5 nitrogen and oxygen atoms in total. The lowest BCUT2D eigenvalue weighted by molar-refractivity contribution is -0.144.